The van der Waals surface area contributed by atoms with Gasteiger partial charge in [0.1, 0.15) is 0 Å². The standard InChI is InChI=1S/C16H15F2NO2/c1-2-21-16(20)15(19-11-7-4-3-5-8-11)12-9-6-10-13(17)14(12)18/h3-10,15,19H,2H2,1H3. The van der Waals surface area contributed by atoms with E-state index in [1.807, 2.05) is 6.07 Å². The minimum absolute atomic E-state index is 0.0858. The molecule has 110 valence electrons. The number of anilines is 1. The maximum atomic E-state index is 13.9. The fraction of sp³-hybridized carbons (Fsp3) is 0.188. The summed E-state index contributed by atoms with van der Waals surface area (Å²) in [5.74, 6) is -2.72. The van der Waals surface area contributed by atoms with Crippen LogP contribution in [0.3, 0.4) is 0 Å². The van der Waals surface area contributed by atoms with Crippen LogP contribution in [-0.4, -0.2) is 12.6 Å². The number of benzene rings is 2. The highest BCUT2D eigenvalue weighted by Gasteiger charge is 2.26. The van der Waals surface area contributed by atoms with Crippen molar-refractivity contribution in [3.8, 4) is 0 Å². The fourth-order valence-corrected chi connectivity index (χ4v) is 1.93. The second-order valence-electron chi connectivity index (χ2n) is 4.34. The highest BCUT2D eigenvalue weighted by molar-refractivity contribution is 5.81. The lowest BCUT2D eigenvalue weighted by molar-refractivity contribution is -0.144. The van der Waals surface area contributed by atoms with Crippen LogP contribution in [0.15, 0.2) is 48.5 Å². The maximum absolute atomic E-state index is 13.9. The lowest BCUT2D eigenvalue weighted by Crippen LogP contribution is -2.24. The number of carbonyl (C=O) groups is 1. The number of hydrogen-bond acceptors (Lipinski definition) is 3. The Kier molecular flexibility index (Phi) is 4.87. The first kappa shape index (κ1) is 15.0. The van der Waals surface area contributed by atoms with Gasteiger partial charge in [-0.15, -0.1) is 0 Å². The predicted molar refractivity (Wildman–Crippen MR) is 75.8 cm³/mol. The van der Waals surface area contributed by atoms with Crippen molar-refractivity contribution in [2.75, 3.05) is 11.9 Å². The van der Waals surface area contributed by atoms with Gasteiger partial charge in [-0.3, -0.25) is 0 Å². The van der Waals surface area contributed by atoms with Gasteiger partial charge in [-0.25, -0.2) is 13.6 Å². The van der Waals surface area contributed by atoms with Crippen LogP contribution in [0.25, 0.3) is 0 Å². The fourth-order valence-electron chi connectivity index (χ4n) is 1.93. The molecule has 2 rings (SSSR count). The maximum Gasteiger partial charge on any atom is 0.333 e. The van der Waals surface area contributed by atoms with Crippen molar-refractivity contribution in [2.24, 2.45) is 0 Å². The van der Waals surface area contributed by atoms with E-state index in [4.69, 9.17) is 4.74 Å². The SMILES string of the molecule is CCOC(=O)C(Nc1ccccc1)c1cccc(F)c1F. The normalized spacial score (nSPS) is 11.8. The molecule has 0 bridgehead atoms. The molecule has 0 saturated carbocycles. The summed E-state index contributed by atoms with van der Waals surface area (Å²) in [4.78, 5) is 12.0. The largest absolute Gasteiger partial charge is 0.464 e. The van der Waals surface area contributed by atoms with Gasteiger partial charge in [-0.1, -0.05) is 30.3 Å². The highest BCUT2D eigenvalue weighted by atomic mass is 19.2. The van der Waals surface area contributed by atoms with Gasteiger partial charge >= 0.3 is 5.97 Å². The summed E-state index contributed by atoms with van der Waals surface area (Å²) < 4.78 is 32.2. The first-order valence-electron chi connectivity index (χ1n) is 6.55. The smallest absolute Gasteiger partial charge is 0.333 e. The molecule has 0 aromatic heterocycles. The van der Waals surface area contributed by atoms with E-state index in [-0.39, 0.29) is 12.2 Å². The van der Waals surface area contributed by atoms with Crippen LogP contribution in [0.4, 0.5) is 14.5 Å². The number of halogens is 2. The molecule has 0 heterocycles. The molecule has 2 aromatic carbocycles. The van der Waals surface area contributed by atoms with Gasteiger partial charge in [0, 0.05) is 11.3 Å². The lowest BCUT2D eigenvalue weighted by Gasteiger charge is -2.19. The molecule has 0 fully saturated rings. The average molecular weight is 291 g/mol. The molecular weight excluding hydrogens is 276 g/mol. The van der Waals surface area contributed by atoms with Crippen molar-refractivity contribution in [2.45, 2.75) is 13.0 Å². The van der Waals surface area contributed by atoms with Gasteiger partial charge in [-0.05, 0) is 25.1 Å². The molecule has 2 aromatic rings. The summed E-state index contributed by atoms with van der Waals surface area (Å²) in [5.41, 5.74) is 0.525. The van der Waals surface area contributed by atoms with Crippen molar-refractivity contribution in [3.63, 3.8) is 0 Å². The average Bonchev–Trinajstić information content (AvgIpc) is 2.49. The number of esters is 1. The van der Waals surface area contributed by atoms with Crippen LogP contribution in [0.1, 0.15) is 18.5 Å². The molecule has 0 aliphatic carbocycles. The minimum atomic E-state index is -1.11. The van der Waals surface area contributed by atoms with E-state index in [0.717, 1.165) is 6.07 Å². The van der Waals surface area contributed by atoms with E-state index in [1.54, 1.807) is 31.2 Å². The minimum Gasteiger partial charge on any atom is -0.464 e. The zero-order chi connectivity index (χ0) is 15.2. The molecule has 21 heavy (non-hydrogen) atoms. The van der Waals surface area contributed by atoms with Crippen molar-refractivity contribution in [3.05, 3.63) is 65.7 Å². The lowest BCUT2D eigenvalue weighted by atomic mass is 10.1. The number of nitrogens with one attached hydrogen (secondary N) is 1. The third-order valence-corrected chi connectivity index (χ3v) is 2.90. The number of ether oxygens (including phenoxy) is 1. The third-order valence-electron chi connectivity index (χ3n) is 2.90. The molecular formula is C16H15F2NO2. The van der Waals surface area contributed by atoms with Crippen LogP contribution in [0.2, 0.25) is 0 Å². The summed E-state index contributed by atoms with van der Waals surface area (Å²) >= 11 is 0. The molecule has 0 aliphatic heterocycles. The van der Waals surface area contributed by atoms with E-state index in [0.29, 0.717) is 5.69 Å². The number of hydrogen-bond donors (Lipinski definition) is 1. The van der Waals surface area contributed by atoms with Crippen LogP contribution in [0.5, 0.6) is 0 Å². The molecule has 1 unspecified atom stereocenters. The van der Waals surface area contributed by atoms with E-state index in [2.05, 4.69) is 5.32 Å². The molecule has 0 spiro atoms. The Balaban J connectivity index is 2.36. The third kappa shape index (κ3) is 3.56. The van der Waals surface area contributed by atoms with Gasteiger partial charge in [0.05, 0.1) is 6.61 Å². The Morgan fingerprint density at radius 2 is 1.86 bits per heavy atom. The first-order valence-corrected chi connectivity index (χ1v) is 6.55. The topological polar surface area (TPSA) is 38.3 Å². The zero-order valence-corrected chi connectivity index (χ0v) is 11.5. The predicted octanol–water partition coefficient (Wildman–Crippen LogP) is 3.68. The zero-order valence-electron chi connectivity index (χ0n) is 11.5. The van der Waals surface area contributed by atoms with Crippen molar-refractivity contribution in [1.29, 1.82) is 0 Å². The van der Waals surface area contributed by atoms with Gasteiger partial charge in [0.25, 0.3) is 0 Å². The van der Waals surface area contributed by atoms with E-state index < -0.39 is 23.6 Å². The summed E-state index contributed by atoms with van der Waals surface area (Å²) in [6, 6.07) is 11.4. The monoisotopic (exact) mass is 291 g/mol. The first-order chi connectivity index (χ1) is 10.1. The van der Waals surface area contributed by atoms with E-state index in [1.165, 1.54) is 12.1 Å². The van der Waals surface area contributed by atoms with Crippen molar-refractivity contribution < 1.29 is 18.3 Å². The Labute approximate surface area is 121 Å². The van der Waals surface area contributed by atoms with Crippen LogP contribution in [-0.2, 0) is 9.53 Å². The number of para-hydroxylation sites is 1. The molecule has 5 heteroatoms. The van der Waals surface area contributed by atoms with Gasteiger partial charge < -0.3 is 10.1 Å². The molecule has 1 N–H and O–H groups in total. The van der Waals surface area contributed by atoms with Crippen LogP contribution < -0.4 is 5.32 Å². The number of carbonyl (C=O) groups excluding carboxylic acids is 1. The van der Waals surface area contributed by atoms with E-state index in [9.17, 15) is 13.6 Å². The van der Waals surface area contributed by atoms with E-state index >= 15 is 0 Å². The summed E-state index contributed by atoms with van der Waals surface area (Å²) in [5, 5.41) is 2.87. The molecule has 1 atom stereocenters. The highest BCUT2D eigenvalue weighted by Crippen LogP contribution is 2.24. The summed E-state index contributed by atoms with van der Waals surface area (Å²) in [7, 11) is 0. The van der Waals surface area contributed by atoms with Gasteiger partial charge in [-0.2, -0.15) is 0 Å². The Bertz CT molecular complexity index is 617. The Hall–Kier alpha value is -2.43. The second-order valence-corrected chi connectivity index (χ2v) is 4.34. The quantitative estimate of drug-likeness (QED) is 0.854. The molecule has 0 aliphatic rings. The Morgan fingerprint density at radius 3 is 2.52 bits per heavy atom. The molecule has 0 saturated heterocycles. The Morgan fingerprint density at radius 1 is 1.14 bits per heavy atom. The van der Waals surface area contributed by atoms with Crippen LogP contribution >= 0.6 is 0 Å². The van der Waals surface area contributed by atoms with Gasteiger partial charge in [0.2, 0.25) is 0 Å². The second kappa shape index (κ2) is 6.83. The molecule has 3 nitrogen and oxygen atoms in total. The summed E-state index contributed by atoms with van der Waals surface area (Å²) in [6.07, 6.45) is 0. The number of rotatable bonds is 5. The van der Waals surface area contributed by atoms with Crippen molar-refractivity contribution in [1.82, 2.24) is 0 Å². The molecule has 0 amide bonds. The molecule has 0 radical (unpaired) electrons. The van der Waals surface area contributed by atoms with Crippen LogP contribution in [0, 0.1) is 11.6 Å². The van der Waals surface area contributed by atoms with Gasteiger partial charge in [0.15, 0.2) is 17.7 Å². The van der Waals surface area contributed by atoms with Crippen molar-refractivity contribution >= 4 is 11.7 Å². The summed E-state index contributed by atoms with van der Waals surface area (Å²) in [6.45, 7) is 1.81.